The van der Waals surface area contributed by atoms with Gasteiger partial charge in [-0.15, -0.1) is 0 Å². The Kier molecular flexibility index (Phi) is 9.43. The highest BCUT2D eigenvalue weighted by Gasteiger charge is 2.19. The standard InChI is InChI=1S/C15H32N2O2/c1-4-5-8-18-9-6-17-7-10-19-15(13-17)12-16-11-14(2)3/h14-16H,4-13H2,1-3H3. The van der Waals surface area contributed by atoms with Crippen LogP contribution in [-0.4, -0.2) is 63.5 Å². The lowest BCUT2D eigenvalue weighted by atomic mass is 10.2. The Balaban J connectivity index is 2.05. The first-order valence-electron chi connectivity index (χ1n) is 7.84. The van der Waals surface area contributed by atoms with E-state index in [1.165, 1.54) is 12.8 Å². The van der Waals surface area contributed by atoms with Gasteiger partial charge in [0.15, 0.2) is 0 Å². The van der Waals surface area contributed by atoms with Crippen LogP contribution in [0, 0.1) is 5.92 Å². The SMILES string of the molecule is CCCCOCCN1CCOC(CNCC(C)C)C1. The third kappa shape index (κ3) is 8.58. The molecule has 1 heterocycles. The predicted molar refractivity (Wildman–Crippen MR) is 79.6 cm³/mol. The summed E-state index contributed by atoms with van der Waals surface area (Å²) in [4.78, 5) is 2.46. The minimum Gasteiger partial charge on any atom is -0.380 e. The number of rotatable bonds is 10. The van der Waals surface area contributed by atoms with Gasteiger partial charge in [0, 0.05) is 32.8 Å². The number of nitrogens with zero attached hydrogens (tertiary/aromatic N) is 1. The summed E-state index contributed by atoms with van der Waals surface area (Å²) in [6, 6.07) is 0. The molecule has 1 N–H and O–H groups in total. The van der Waals surface area contributed by atoms with Crippen LogP contribution in [0.1, 0.15) is 33.6 Å². The van der Waals surface area contributed by atoms with Crippen LogP contribution in [0.25, 0.3) is 0 Å². The maximum atomic E-state index is 5.79. The molecule has 0 amide bonds. The van der Waals surface area contributed by atoms with E-state index in [4.69, 9.17) is 9.47 Å². The number of morpholine rings is 1. The van der Waals surface area contributed by atoms with E-state index in [0.29, 0.717) is 12.0 Å². The Hall–Kier alpha value is -0.160. The van der Waals surface area contributed by atoms with Crippen LogP contribution in [-0.2, 0) is 9.47 Å². The third-order valence-electron chi connectivity index (χ3n) is 3.34. The summed E-state index contributed by atoms with van der Waals surface area (Å²) in [6.07, 6.45) is 2.72. The molecule has 1 atom stereocenters. The van der Waals surface area contributed by atoms with Gasteiger partial charge in [0.05, 0.1) is 19.3 Å². The van der Waals surface area contributed by atoms with Crippen LogP contribution < -0.4 is 5.32 Å². The van der Waals surface area contributed by atoms with Crippen molar-refractivity contribution in [2.24, 2.45) is 5.92 Å². The third-order valence-corrected chi connectivity index (χ3v) is 3.34. The van der Waals surface area contributed by atoms with Crippen LogP contribution in [0.3, 0.4) is 0 Å². The lowest BCUT2D eigenvalue weighted by Crippen LogP contribution is -2.47. The summed E-state index contributed by atoms with van der Waals surface area (Å²) in [5.74, 6) is 0.701. The molecule has 1 aliphatic heterocycles. The number of ether oxygens (including phenoxy) is 2. The number of unbranched alkanes of at least 4 members (excludes halogenated alkanes) is 1. The van der Waals surface area contributed by atoms with Crippen LogP contribution in [0.5, 0.6) is 0 Å². The maximum Gasteiger partial charge on any atom is 0.0826 e. The van der Waals surface area contributed by atoms with Crippen LogP contribution >= 0.6 is 0 Å². The molecular weight excluding hydrogens is 240 g/mol. The zero-order valence-electron chi connectivity index (χ0n) is 13.0. The molecule has 0 radical (unpaired) electrons. The van der Waals surface area contributed by atoms with Crippen LogP contribution in [0.2, 0.25) is 0 Å². The molecule has 1 saturated heterocycles. The molecule has 4 nitrogen and oxygen atoms in total. The molecule has 1 rings (SSSR count). The van der Waals surface area contributed by atoms with E-state index in [0.717, 1.165) is 52.5 Å². The second-order valence-electron chi connectivity index (χ2n) is 5.81. The van der Waals surface area contributed by atoms with Gasteiger partial charge in [-0.1, -0.05) is 27.2 Å². The predicted octanol–water partition coefficient (Wildman–Crippen LogP) is 1.75. The van der Waals surface area contributed by atoms with Gasteiger partial charge < -0.3 is 14.8 Å². The Morgan fingerprint density at radius 1 is 1.37 bits per heavy atom. The second kappa shape index (κ2) is 10.6. The van der Waals surface area contributed by atoms with Gasteiger partial charge in [0.2, 0.25) is 0 Å². The first kappa shape index (κ1) is 16.9. The molecule has 1 aliphatic rings. The minimum atomic E-state index is 0.336. The molecule has 19 heavy (non-hydrogen) atoms. The Morgan fingerprint density at radius 3 is 2.95 bits per heavy atom. The molecule has 0 spiro atoms. The van der Waals surface area contributed by atoms with E-state index >= 15 is 0 Å². The van der Waals surface area contributed by atoms with Gasteiger partial charge in [-0.25, -0.2) is 0 Å². The van der Waals surface area contributed by atoms with Crippen molar-refractivity contribution in [2.45, 2.75) is 39.7 Å². The Bertz CT molecular complexity index is 212. The van der Waals surface area contributed by atoms with Crippen LogP contribution in [0.4, 0.5) is 0 Å². The maximum absolute atomic E-state index is 5.79. The van der Waals surface area contributed by atoms with Gasteiger partial charge in [-0.3, -0.25) is 4.90 Å². The largest absolute Gasteiger partial charge is 0.380 e. The summed E-state index contributed by atoms with van der Waals surface area (Å²) in [6.45, 7) is 14.4. The van der Waals surface area contributed by atoms with E-state index in [2.05, 4.69) is 31.0 Å². The van der Waals surface area contributed by atoms with Crippen molar-refractivity contribution in [1.29, 1.82) is 0 Å². The topological polar surface area (TPSA) is 33.7 Å². The Morgan fingerprint density at radius 2 is 2.21 bits per heavy atom. The van der Waals surface area contributed by atoms with Gasteiger partial charge in [-0.2, -0.15) is 0 Å². The molecule has 1 fully saturated rings. The van der Waals surface area contributed by atoms with E-state index in [1.54, 1.807) is 0 Å². The summed E-state index contributed by atoms with van der Waals surface area (Å²) < 4.78 is 11.4. The average molecular weight is 272 g/mol. The Labute approximate surface area is 118 Å². The zero-order valence-corrected chi connectivity index (χ0v) is 13.0. The molecule has 114 valence electrons. The van der Waals surface area contributed by atoms with Gasteiger partial charge in [0.25, 0.3) is 0 Å². The fourth-order valence-electron chi connectivity index (χ4n) is 2.18. The van der Waals surface area contributed by atoms with E-state index in [1.807, 2.05) is 0 Å². The monoisotopic (exact) mass is 272 g/mol. The molecule has 0 aromatic carbocycles. The van der Waals surface area contributed by atoms with Crippen molar-refractivity contribution in [3.05, 3.63) is 0 Å². The molecule has 0 aromatic heterocycles. The molecular formula is C15H32N2O2. The fourth-order valence-corrected chi connectivity index (χ4v) is 2.18. The molecule has 1 unspecified atom stereocenters. The number of nitrogens with one attached hydrogen (secondary N) is 1. The van der Waals surface area contributed by atoms with Crippen molar-refractivity contribution in [1.82, 2.24) is 10.2 Å². The first-order valence-corrected chi connectivity index (χ1v) is 7.84. The highest BCUT2D eigenvalue weighted by Crippen LogP contribution is 2.04. The quantitative estimate of drug-likeness (QED) is 0.614. The highest BCUT2D eigenvalue weighted by molar-refractivity contribution is 4.73. The van der Waals surface area contributed by atoms with Crippen molar-refractivity contribution in [3.8, 4) is 0 Å². The second-order valence-corrected chi connectivity index (χ2v) is 5.81. The lowest BCUT2D eigenvalue weighted by Gasteiger charge is -2.33. The smallest absolute Gasteiger partial charge is 0.0826 e. The average Bonchev–Trinajstić information content (AvgIpc) is 2.39. The van der Waals surface area contributed by atoms with Crippen molar-refractivity contribution in [2.75, 3.05) is 52.5 Å². The summed E-state index contributed by atoms with van der Waals surface area (Å²) in [5, 5.41) is 3.48. The van der Waals surface area contributed by atoms with Crippen molar-refractivity contribution >= 4 is 0 Å². The van der Waals surface area contributed by atoms with Gasteiger partial charge in [0.1, 0.15) is 0 Å². The summed E-state index contributed by atoms with van der Waals surface area (Å²) in [5.41, 5.74) is 0. The molecule has 0 bridgehead atoms. The van der Waals surface area contributed by atoms with Crippen molar-refractivity contribution < 1.29 is 9.47 Å². The summed E-state index contributed by atoms with van der Waals surface area (Å²) in [7, 11) is 0. The van der Waals surface area contributed by atoms with Gasteiger partial charge >= 0.3 is 0 Å². The fraction of sp³-hybridized carbons (Fsp3) is 1.00. The first-order chi connectivity index (χ1) is 9.22. The minimum absolute atomic E-state index is 0.336. The van der Waals surface area contributed by atoms with Crippen molar-refractivity contribution in [3.63, 3.8) is 0 Å². The lowest BCUT2D eigenvalue weighted by molar-refractivity contribution is -0.0350. The summed E-state index contributed by atoms with van der Waals surface area (Å²) >= 11 is 0. The number of hydrogen-bond donors (Lipinski definition) is 1. The number of hydrogen-bond acceptors (Lipinski definition) is 4. The molecule has 0 aliphatic carbocycles. The van der Waals surface area contributed by atoms with Gasteiger partial charge in [-0.05, 0) is 18.9 Å². The molecule has 0 aromatic rings. The molecule has 4 heteroatoms. The highest BCUT2D eigenvalue weighted by atomic mass is 16.5. The van der Waals surface area contributed by atoms with E-state index < -0.39 is 0 Å². The van der Waals surface area contributed by atoms with E-state index in [9.17, 15) is 0 Å². The zero-order chi connectivity index (χ0) is 13.9. The van der Waals surface area contributed by atoms with Crippen LogP contribution in [0.15, 0.2) is 0 Å². The normalized spacial score (nSPS) is 21.2. The van der Waals surface area contributed by atoms with E-state index in [-0.39, 0.29) is 0 Å². The molecule has 0 saturated carbocycles.